The number of hydrogen-bond donors (Lipinski definition) is 1. The van der Waals surface area contributed by atoms with Gasteiger partial charge in [0.1, 0.15) is 11.9 Å². The van der Waals surface area contributed by atoms with Gasteiger partial charge in [-0.2, -0.15) is 0 Å². The first-order chi connectivity index (χ1) is 16.4. The van der Waals surface area contributed by atoms with Crippen LogP contribution in [0.4, 0.5) is 21.5 Å². The molecule has 0 aromatic heterocycles. The molecule has 1 atom stereocenters. The lowest BCUT2D eigenvalue weighted by Crippen LogP contribution is -2.45. The van der Waals surface area contributed by atoms with Crippen LogP contribution in [0.2, 0.25) is 0 Å². The van der Waals surface area contributed by atoms with Crippen molar-refractivity contribution in [3.05, 3.63) is 84.7 Å². The van der Waals surface area contributed by atoms with Gasteiger partial charge in [-0.05, 0) is 67.6 Å². The minimum absolute atomic E-state index is 0.104. The largest absolute Gasteiger partial charge is 0.378 e. The van der Waals surface area contributed by atoms with Gasteiger partial charge in [0.2, 0.25) is 5.91 Å². The maximum atomic E-state index is 13.5. The van der Waals surface area contributed by atoms with E-state index in [1.165, 1.54) is 19.1 Å². The maximum absolute atomic E-state index is 13.5. The minimum atomic E-state index is -4.14. The highest BCUT2D eigenvalue weighted by Gasteiger charge is 2.33. The number of anilines is 3. The molecule has 1 saturated heterocycles. The SMILES string of the molecule is C[C@H](C(=O)Nc1ccc(N2CCOCC2)cc1)N(c1ccccc1)S(=O)(=O)c1ccc(F)cc1. The average Bonchev–Trinajstić information content (AvgIpc) is 2.86. The van der Waals surface area contributed by atoms with Gasteiger partial charge >= 0.3 is 0 Å². The highest BCUT2D eigenvalue weighted by molar-refractivity contribution is 7.93. The summed E-state index contributed by atoms with van der Waals surface area (Å²) < 4.78 is 46.8. The second-order valence-electron chi connectivity index (χ2n) is 7.90. The van der Waals surface area contributed by atoms with Crippen molar-refractivity contribution in [3.63, 3.8) is 0 Å². The molecule has 7 nitrogen and oxygen atoms in total. The van der Waals surface area contributed by atoms with Crippen LogP contribution in [-0.4, -0.2) is 46.7 Å². The van der Waals surface area contributed by atoms with Crippen LogP contribution in [0.5, 0.6) is 0 Å². The van der Waals surface area contributed by atoms with Gasteiger partial charge in [0, 0.05) is 24.5 Å². The Morgan fingerprint density at radius 3 is 2.21 bits per heavy atom. The predicted octanol–water partition coefficient (Wildman–Crippen LogP) is 3.88. The monoisotopic (exact) mass is 483 g/mol. The topological polar surface area (TPSA) is 79.0 Å². The Hall–Kier alpha value is -3.43. The van der Waals surface area contributed by atoms with Crippen molar-refractivity contribution in [2.75, 3.05) is 40.8 Å². The van der Waals surface area contributed by atoms with Crippen LogP contribution < -0.4 is 14.5 Å². The molecule has 3 aromatic carbocycles. The van der Waals surface area contributed by atoms with Crippen molar-refractivity contribution in [2.45, 2.75) is 17.9 Å². The number of rotatable bonds is 7. The molecule has 4 rings (SSSR count). The number of sulfonamides is 1. The lowest BCUT2D eigenvalue weighted by atomic mass is 10.2. The summed E-state index contributed by atoms with van der Waals surface area (Å²) in [5.74, 6) is -1.04. The zero-order chi connectivity index (χ0) is 24.1. The Balaban J connectivity index is 1.57. The zero-order valence-corrected chi connectivity index (χ0v) is 19.5. The van der Waals surface area contributed by atoms with Crippen LogP contribution in [0.25, 0.3) is 0 Å². The standard InChI is InChI=1S/C25H26FN3O4S/c1-19(25(30)27-21-9-11-22(12-10-21)28-15-17-33-18-16-28)29(23-5-3-2-4-6-23)34(31,32)24-13-7-20(26)8-14-24/h2-14,19H,15-18H2,1H3,(H,27,30)/t19-/m1/s1. The number of amides is 1. The first kappa shape index (κ1) is 23.7. The molecule has 1 fully saturated rings. The molecule has 0 unspecified atom stereocenters. The lowest BCUT2D eigenvalue weighted by molar-refractivity contribution is -0.116. The van der Waals surface area contributed by atoms with E-state index in [1.54, 1.807) is 42.5 Å². The molecule has 178 valence electrons. The number of carbonyl (C=O) groups is 1. The van der Waals surface area contributed by atoms with Crippen LogP contribution in [0.1, 0.15) is 6.92 Å². The molecule has 3 aromatic rings. The van der Waals surface area contributed by atoms with E-state index in [9.17, 15) is 17.6 Å². The molecule has 0 bridgehead atoms. The lowest BCUT2D eigenvalue weighted by Gasteiger charge is -2.30. The number of para-hydroxylation sites is 1. The summed E-state index contributed by atoms with van der Waals surface area (Å²) in [6.45, 7) is 4.47. The van der Waals surface area contributed by atoms with Crippen LogP contribution in [-0.2, 0) is 19.6 Å². The van der Waals surface area contributed by atoms with Crippen molar-refractivity contribution < 1.29 is 22.3 Å². The number of carbonyl (C=O) groups excluding carboxylic acids is 1. The maximum Gasteiger partial charge on any atom is 0.265 e. The molecule has 0 radical (unpaired) electrons. The van der Waals surface area contributed by atoms with E-state index in [2.05, 4.69) is 10.2 Å². The van der Waals surface area contributed by atoms with E-state index in [4.69, 9.17) is 4.74 Å². The number of benzene rings is 3. The molecular formula is C25H26FN3O4S. The number of hydrogen-bond acceptors (Lipinski definition) is 5. The highest BCUT2D eigenvalue weighted by Crippen LogP contribution is 2.27. The van der Waals surface area contributed by atoms with E-state index in [1.807, 2.05) is 12.1 Å². The Labute approximate surface area is 198 Å². The van der Waals surface area contributed by atoms with Gasteiger partial charge in [0.15, 0.2) is 0 Å². The van der Waals surface area contributed by atoms with Crippen LogP contribution >= 0.6 is 0 Å². The molecule has 1 heterocycles. The summed E-state index contributed by atoms with van der Waals surface area (Å²) in [4.78, 5) is 15.2. The second kappa shape index (κ2) is 10.2. The van der Waals surface area contributed by atoms with Crippen LogP contribution in [0.15, 0.2) is 83.8 Å². The third-order valence-electron chi connectivity index (χ3n) is 5.62. The van der Waals surface area contributed by atoms with E-state index >= 15 is 0 Å². The number of halogens is 1. The van der Waals surface area contributed by atoms with Crippen molar-refractivity contribution in [1.82, 2.24) is 0 Å². The van der Waals surface area contributed by atoms with Crippen LogP contribution in [0.3, 0.4) is 0 Å². The molecule has 1 aliphatic rings. The van der Waals surface area contributed by atoms with Gasteiger partial charge < -0.3 is 15.0 Å². The molecular weight excluding hydrogens is 457 g/mol. The molecule has 1 N–H and O–H groups in total. The summed E-state index contributed by atoms with van der Waals surface area (Å²) in [7, 11) is -4.14. The predicted molar refractivity (Wildman–Crippen MR) is 130 cm³/mol. The number of nitrogens with one attached hydrogen (secondary N) is 1. The quantitative estimate of drug-likeness (QED) is 0.552. The first-order valence-corrected chi connectivity index (χ1v) is 12.4. The van der Waals surface area contributed by atoms with E-state index in [-0.39, 0.29) is 4.90 Å². The Morgan fingerprint density at radius 1 is 0.971 bits per heavy atom. The number of nitrogens with zero attached hydrogens (tertiary/aromatic N) is 2. The smallest absolute Gasteiger partial charge is 0.265 e. The van der Waals surface area contributed by atoms with Gasteiger partial charge in [-0.3, -0.25) is 9.10 Å². The molecule has 0 aliphatic carbocycles. The summed E-state index contributed by atoms with van der Waals surface area (Å²) in [5.41, 5.74) is 1.91. The summed E-state index contributed by atoms with van der Waals surface area (Å²) in [6.07, 6.45) is 0. The fourth-order valence-electron chi connectivity index (χ4n) is 3.80. The normalized spacial score (nSPS) is 14.9. The molecule has 1 amide bonds. The van der Waals surface area contributed by atoms with Gasteiger partial charge in [0.25, 0.3) is 10.0 Å². The Bertz CT molecular complexity index is 1210. The van der Waals surface area contributed by atoms with E-state index in [0.29, 0.717) is 24.6 Å². The number of ether oxygens (including phenoxy) is 1. The Kier molecular flexibility index (Phi) is 7.14. The molecule has 0 spiro atoms. The molecule has 34 heavy (non-hydrogen) atoms. The van der Waals surface area contributed by atoms with Crippen molar-refractivity contribution in [2.24, 2.45) is 0 Å². The highest BCUT2D eigenvalue weighted by atomic mass is 32.2. The second-order valence-corrected chi connectivity index (χ2v) is 9.72. The third-order valence-corrected chi connectivity index (χ3v) is 7.54. The molecule has 0 saturated carbocycles. The average molecular weight is 484 g/mol. The van der Waals surface area contributed by atoms with Crippen molar-refractivity contribution >= 4 is 33.0 Å². The molecule has 9 heteroatoms. The first-order valence-electron chi connectivity index (χ1n) is 10.9. The fraction of sp³-hybridized carbons (Fsp3) is 0.240. The van der Waals surface area contributed by atoms with E-state index < -0.39 is 27.8 Å². The van der Waals surface area contributed by atoms with Crippen LogP contribution in [0, 0.1) is 5.82 Å². The minimum Gasteiger partial charge on any atom is -0.378 e. The summed E-state index contributed by atoms with van der Waals surface area (Å²) in [6, 6.07) is 19.2. The fourth-order valence-corrected chi connectivity index (χ4v) is 5.41. The van der Waals surface area contributed by atoms with E-state index in [0.717, 1.165) is 35.2 Å². The van der Waals surface area contributed by atoms with Crippen molar-refractivity contribution in [1.29, 1.82) is 0 Å². The van der Waals surface area contributed by atoms with Gasteiger partial charge in [0.05, 0.1) is 23.8 Å². The molecule has 1 aliphatic heterocycles. The van der Waals surface area contributed by atoms with Gasteiger partial charge in [-0.15, -0.1) is 0 Å². The summed E-state index contributed by atoms with van der Waals surface area (Å²) in [5, 5.41) is 2.81. The Morgan fingerprint density at radius 2 is 1.59 bits per heavy atom. The van der Waals surface area contributed by atoms with Gasteiger partial charge in [-0.1, -0.05) is 18.2 Å². The van der Waals surface area contributed by atoms with Crippen molar-refractivity contribution in [3.8, 4) is 0 Å². The number of morpholine rings is 1. The summed E-state index contributed by atoms with van der Waals surface area (Å²) >= 11 is 0. The third kappa shape index (κ3) is 5.21. The zero-order valence-electron chi connectivity index (χ0n) is 18.7. The van der Waals surface area contributed by atoms with Gasteiger partial charge in [-0.25, -0.2) is 12.8 Å².